The van der Waals surface area contributed by atoms with Gasteiger partial charge in [0.15, 0.2) is 11.6 Å². The molecule has 2 aromatic carbocycles. The van der Waals surface area contributed by atoms with Gasteiger partial charge in [-0.1, -0.05) is 43.5 Å². The molecule has 0 N–H and O–H groups in total. The maximum absolute atomic E-state index is 14.9. The molecule has 0 spiro atoms. The van der Waals surface area contributed by atoms with Crippen molar-refractivity contribution in [1.29, 1.82) is 0 Å². The van der Waals surface area contributed by atoms with Crippen LogP contribution in [0.15, 0.2) is 30.3 Å². The van der Waals surface area contributed by atoms with Gasteiger partial charge < -0.3 is 4.74 Å². The van der Waals surface area contributed by atoms with Gasteiger partial charge in [0.05, 0.1) is 12.7 Å². The molecule has 0 atom stereocenters. The zero-order valence-corrected chi connectivity index (χ0v) is 17.7. The van der Waals surface area contributed by atoms with E-state index >= 15 is 0 Å². The average molecular weight is 417 g/mol. The van der Waals surface area contributed by atoms with Gasteiger partial charge in [-0.05, 0) is 80.0 Å². The lowest BCUT2D eigenvalue weighted by atomic mass is 9.80. The molecule has 2 saturated carbocycles. The second-order valence-corrected chi connectivity index (χ2v) is 9.09. The standard InChI is InChI=1S/C26H31F3O/c1-17-7-8-20(24(27)15-17)16-30-21-11-9-19(10-12-21)23-14-13-22(25(28)26(23)29)18-5-3-2-4-6-18/h7-8,13-15,18-19,21H,2-6,9-12,16H2,1H3. The van der Waals surface area contributed by atoms with Crippen molar-refractivity contribution in [2.45, 2.75) is 89.3 Å². The van der Waals surface area contributed by atoms with Crippen LogP contribution in [0.2, 0.25) is 0 Å². The Morgan fingerprint density at radius 2 is 1.37 bits per heavy atom. The number of halogens is 3. The summed E-state index contributed by atoms with van der Waals surface area (Å²) >= 11 is 0. The van der Waals surface area contributed by atoms with Crippen LogP contribution in [0, 0.1) is 24.4 Å². The van der Waals surface area contributed by atoms with Crippen LogP contribution in [0.4, 0.5) is 13.2 Å². The van der Waals surface area contributed by atoms with Gasteiger partial charge in [0.1, 0.15) is 5.82 Å². The van der Waals surface area contributed by atoms with Crippen LogP contribution in [-0.2, 0) is 11.3 Å². The largest absolute Gasteiger partial charge is 0.373 e. The zero-order valence-electron chi connectivity index (χ0n) is 17.7. The molecule has 0 bridgehead atoms. The molecule has 0 aromatic heterocycles. The Hall–Kier alpha value is -1.81. The highest BCUT2D eigenvalue weighted by molar-refractivity contribution is 5.32. The maximum Gasteiger partial charge on any atom is 0.162 e. The van der Waals surface area contributed by atoms with Crippen molar-refractivity contribution in [1.82, 2.24) is 0 Å². The third kappa shape index (κ3) is 4.74. The van der Waals surface area contributed by atoms with Gasteiger partial charge in [-0.2, -0.15) is 0 Å². The first-order valence-corrected chi connectivity index (χ1v) is 11.4. The Kier molecular flexibility index (Phi) is 6.82. The molecule has 0 radical (unpaired) electrons. The zero-order chi connectivity index (χ0) is 21.1. The number of rotatable bonds is 5. The minimum atomic E-state index is -0.649. The van der Waals surface area contributed by atoms with E-state index in [-0.39, 0.29) is 30.4 Å². The van der Waals surface area contributed by atoms with Gasteiger partial charge in [-0.15, -0.1) is 0 Å². The number of aryl methyl sites for hydroxylation is 1. The van der Waals surface area contributed by atoms with E-state index in [1.807, 2.05) is 25.1 Å². The summed E-state index contributed by atoms with van der Waals surface area (Å²) in [4.78, 5) is 0. The van der Waals surface area contributed by atoms with Crippen LogP contribution in [0.1, 0.15) is 91.9 Å². The van der Waals surface area contributed by atoms with Crippen molar-refractivity contribution < 1.29 is 17.9 Å². The predicted molar refractivity (Wildman–Crippen MR) is 113 cm³/mol. The van der Waals surface area contributed by atoms with Gasteiger partial charge >= 0.3 is 0 Å². The van der Waals surface area contributed by atoms with E-state index in [9.17, 15) is 13.2 Å². The maximum atomic E-state index is 14.9. The minimum Gasteiger partial charge on any atom is -0.373 e. The highest BCUT2D eigenvalue weighted by Crippen LogP contribution is 2.39. The van der Waals surface area contributed by atoms with E-state index in [0.717, 1.165) is 56.9 Å². The third-order valence-electron chi connectivity index (χ3n) is 6.98. The monoisotopic (exact) mass is 416 g/mol. The van der Waals surface area contributed by atoms with E-state index in [0.29, 0.717) is 16.7 Å². The molecule has 4 heteroatoms. The van der Waals surface area contributed by atoms with Crippen molar-refractivity contribution >= 4 is 0 Å². The summed E-state index contributed by atoms with van der Waals surface area (Å²) in [6.07, 6.45) is 8.44. The summed E-state index contributed by atoms with van der Waals surface area (Å²) in [6.45, 7) is 2.11. The molecule has 0 heterocycles. The second kappa shape index (κ2) is 9.55. The molecule has 2 aliphatic carbocycles. The van der Waals surface area contributed by atoms with Crippen LogP contribution in [0.5, 0.6) is 0 Å². The molecule has 30 heavy (non-hydrogen) atoms. The lowest BCUT2D eigenvalue weighted by Gasteiger charge is -2.30. The molecule has 2 aromatic rings. The van der Waals surface area contributed by atoms with Crippen molar-refractivity contribution in [2.75, 3.05) is 0 Å². The lowest BCUT2D eigenvalue weighted by Crippen LogP contribution is -2.22. The van der Waals surface area contributed by atoms with Crippen LogP contribution < -0.4 is 0 Å². The van der Waals surface area contributed by atoms with E-state index in [4.69, 9.17) is 4.74 Å². The SMILES string of the molecule is Cc1ccc(COC2CCC(c3ccc(C4CCCCC4)c(F)c3F)CC2)c(F)c1. The Balaban J connectivity index is 1.35. The van der Waals surface area contributed by atoms with Gasteiger partial charge in [-0.25, -0.2) is 13.2 Å². The van der Waals surface area contributed by atoms with E-state index in [1.54, 1.807) is 6.07 Å². The fourth-order valence-corrected chi connectivity index (χ4v) is 5.14. The Labute approximate surface area is 177 Å². The molecular weight excluding hydrogens is 385 g/mol. The molecule has 2 fully saturated rings. The van der Waals surface area contributed by atoms with Crippen molar-refractivity contribution in [3.63, 3.8) is 0 Å². The molecule has 4 rings (SSSR count). The Morgan fingerprint density at radius 3 is 1.97 bits per heavy atom. The molecule has 0 saturated heterocycles. The summed E-state index contributed by atoms with van der Waals surface area (Å²) in [7, 11) is 0. The summed E-state index contributed by atoms with van der Waals surface area (Å²) in [5.41, 5.74) is 2.53. The number of hydrogen-bond donors (Lipinski definition) is 0. The van der Waals surface area contributed by atoms with E-state index < -0.39 is 11.6 Å². The van der Waals surface area contributed by atoms with Gasteiger partial charge in [0.2, 0.25) is 0 Å². The first-order valence-electron chi connectivity index (χ1n) is 11.4. The number of ether oxygens (including phenoxy) is 1. The van der Waals surface area contributed by atoms with Crippen molar-refractivity contribution in [2.24, 2.45) is 0 Å². The van der Waals surface area contributed by atoms with Crippen LogP contribution >= 0.6 is 0 Å². The van der Waals surface area contributed by atoms with Gasteiger partial charge in [0, 0.05) is 5.56 Å². The van der Waals surface area contributed by atoms with Crippen molar-refractivity contribution in [3.8, 4) is 0 Å². The first-order chi connectivity index (χ1) is 14.5. The minimum absolute atomic E-state index is 0.0240. The molecule has 162 valence electrons. The lowest BCUT2D eigenvalue weighted by molar-refractivity contribution is 0.0118. The van der Waals surface area contributed by atoms with E-state index in [1.165, 1.54) is 12.5 Å². The van der Waals surface area contributed by atoms with Crippen molar-refractivity contribution in [3.05, 3.63) is 70.0 Å². The molecular formula is C26H31F3O. The van der Waals surface area contributed by atoms with Gasteiger partial charge in [-0.3, -0.25) is 0 Å². The molecule has 0 unspecified atom stereocenters. The first kappa shape index (κ1) is 21.4. The predicted octanol–water partition coefficient (Wildman–Crippen LogP) is 7.70. The molecule has 0 amide bonds. The second-order valence-electron chi connectivity index (χ2n) is 9.09. The quantitative estimate of drug-likeness (QED) is 0.485. The Morgan fingerprint density at radius 1 is 0.767 bits per heavy atom. The fourth-order valence-electron chi connectivity index (χ4n) is 5.14. The van der Waals surface area contributed by atoms with E-state index in [2.05, 4.69) is 0 Å². The summed E-state index contributed by atoms with van der Waals surface area (Å²) in [5, 5.41) is 0. The molecule has 0 aliphatic heterocycles. The summed E-state index contributed by atoms with van der Waals surface area (Å²) in [5.74, 6) is -1.33. The fraction of sp³-hybridized carbons (Fsp3) is 0.538. The summed E-state index contributed by atoms with van der Waals surface area (Å²) in [6, 6.07) is 8.81. The smallest absolute Gasteiger partial charge is 0.162 e. The molecule has 1 nitrogen and oxygen atoms in total. The Bertz CT molecular complexity index is 865. The van der Waals surface area contributed by atoms with Crippen LogP contribution in [-0.4, -0.2) is 6.10 Å². The van der Waals surface area contributed by atoms with Crippen LogP contribution in [0.25, 0.3) is 0 Å². The average Bonchev–Trinajstić information content (AvgIpc) is 2.76. The number of hydrogen-bond acceptors (Lipinski definition) is 1. The van der Waals surface area contributed by atoms with Crippen LogP contribution in [0.3, 0.4) is 0 Å². The third-order valence-corrected chi connectivity index (χ3v) is 6.98. The van der Waals surface area contributed by atoms with Gasteiger partial charge in [0.25, 0.3) is 0 Å². The highest BCUT2D eigenvalue weighted by atomic mass is 19.2. The normalized spacial score (nSPS) is 22.9. The highest BCUT2D eigenvalue weighted by Gasteiger charge is 2.28. The molecule has 2 aliphatic rings. The topological polar surface area (TPSA) is 9.23 Å². The summed E-state index contributed by atoms with van der Waals surface area (Å²) < 4.78 is 49.6. The number of benzene rings is 2.